The predicted molar refractivity (Wildman–Crippen MR) is 55.7 cm³/mol. The molecule has 0 unspecified atom stereocenters. The van der Waals surface area contributed by atoms with Crippen LogP contribution in [0.2, 0.25) is 0 Å². The van der Waals surface area contributed by atoms with E-state index in [1.165, 1.54) is 17.8 Å². The summed E-state index contributed by atoms with van der Waals surface area (Å²) in [5, 5.41) is 1.60. The minimum Gasteiger partial charge on any atom is -0.195 e. The molecule has 1 aromatic heterocycles. The average Bonchev–Trinajstić information content (AvgIpc) is 2.47. The van der Waals surface area contributed by atoms with Crippen LogP contribution in [0, 0.1) is 5.13 Å². The number of halogens is 1. The van der Waals surface area contributed by atoms with Crippen molar-refractivity contribution in [1.82, 2.24) is 0 Å². The zero-order valence-corrected chi connectivity index (χ0v) is 8.34. The standard InChI is InChI=1S/C9H9FS2/c1-3-7(11-4-2)8-5-6-9(10)12-8/h3-6H,2H2,1H3/b7-3-. The number of allylic oxidation sites excluding steroid dienone is 1. The zero-order valence-electron chi connectivity index (χ0n) is 6.71. The van der Waals surface area contributed by atoms with Crippen LogP contribution in [0.15, 0.2) is 30.2 Å². The summed E-state index contributed by atoms with van der Waals surface area (Å²) in [5.74, 6) is 0. The summed E-state index contributed by atoms with van der Waals surface area (Å²) in [6, 6.07) is 3.26. The smallest absolute Gasteiger partial charge is 0.177 e. The van der Waals surface area contributed by atoms with Crippen LogP contribution in [0.4, 0.5) is 4.39 Å². The van der Waals surface area contributed by atoms with Crippen molar-refractivity contribution >= 4 is 28.0 Å². The van der Waals surface area contributed by atoms with Crippen molar-refractivity contribution in [2.75, 3.05) is 0 Å². The predicted octanol–water partition coefficient (Wildman–Crippen LogP) is 4.12. The number of thioether (sulfide) groups is 1. The second-order valence-electron chi connectivity index (χ2n) is 2.04. The lowest BCUT2D eigenvalue weighted by Gasteiger charge is -1.97. The molecule has 0 radical (unpaired) electrons. The first-order valence-corrected chi connectivity index (χ1v) is 5.17. The average molecular weight is 200 g/mol. The summed E-state index contributed by atoms with van der Waals surface area (Å²) in [4.78, 5) is 2.01. The van der Waals surface area contributed by atoms with Crippen LogP contribution >= 0.6 is 23.1 Å². The van der Waals surface area contributed by atoms with E-state index < -0.39 is 0 Å². The van der Waals surface area contributed by atoms with E-state index in [0.717, 1.165) is 21.1 Å². The first-order valence-electron chi connectivity index (χ1n) is 3.47. The molecule has 0 N–H and O–H groups in total. The van der Waals surface area contributed by atoms with Gasteiger partial charge in [0.2, 0.25) is 0 Å². The summed E-state index contributed by atoms with van der Waals surface area (Å²) in [7, 11) is 0. The van der Waals surface area contributed by atoms with Crippen molar-refractivity contribution < 1.29 is 4.39 Å². The van der Waals surface area contributed by atoms with Crippen LogP contribution in [-0.4, -0.2) is 0 Å². The van der Waals surface area contributed by atoms with Crippen molar-refractivity contribution in [2.45, 2.75) is 6.92 Å². The molecule has 3 heteroatoms. The molecular weight excluding hydrogens is 191 g/mol. The molecule has 0 bridgehead atoms. The van der Waals surface area contributed by atoms with Gasteiger partial charge in [0, 0.05) is 9.78 Å². The van der Waals surface area contributed by atoms with Gasteiger partial charge in [-0.15, -0.1) is 11.3 Å². The van der Waals surface area contributed by atoms with Crippen molar-refractivity contribution in [3.63, 3.8) is 0 Å². The fourth-order valence-electron chi connectivity index (χ4n) is 0.805. The van der Waals surface area contributed by atoms with Crippen molar-refractivity contribution in [3.8, 4) is 0 Å². The Bertz CT molecular complexity index is 299. The highest BCUT2D eigenvalue weighted by atomic mass is 32.2. The Morgan fingerprint density at radius 1 is 1.67 bits per heavy atom. The van der Waals surface area contributed by atoms with Crippen LogP contribution in [0.25, 0.3) is 4.91 Å². The van der Waals surface area contributed by atoms with Gasteiger partial charge in [0.25, 0.3) is 0 Å². The Morgan fingerprint density at radius 2 is 2.42 bits per heavy atom. The van der Waals surface area contributed by atoms with Gasteiger partial charge in [0.05, 0.1) is 0 Å². The molecule has 0 saturated carbocycles. The molecule has 0 fully saturated rings. The third-order valence-electron chi connectivity index (χ3n) is 1.29. The van der Waals surface area contributed by atoms with E-state index in [2.05, 4.69) is 6.58 Å². The molecule has 0 nitrogen and oxygen atoms in total. The molecule has 1 heterocycles. The van der Waals surface area contributed by atoms with E-state index >= 15 is 0 Å². The Morgan fingerprint density at radius 3 is 2.83 bits per heavy atom. The molecule has 1 rings (SSSR count). The van der Waals surface area contributed by atoms with Crippen LogP contribution in [0.1, 0.15) is 11.8 Å². The van der Waals surface area contributed by atoms with Gasteiger partial charge < -0.3 is 0 Å². The van der Waals surface area contributed by atoms with Crippen molar-refractivity contribution in [2.24, 2.45) is 0 Å². The van der Waals surface area contributed by atoms with Gasteiger partial charge in [-0.1, -0.05) is 24.4 Å². The van der Waals surface area contributed by atoms with E-state index in [-0.39, 0.29) is 5.13 Å². The van der Waals surface area contributed by atoms with Gasteiger partial charge in [-0.05, 0) is 24.5 Å². The van der Waals surface area contributed by atoms with Gasteiger partial charge >= 0.3 is 0 Å². The second-order valence-corrected chi connectivity index (χ2v) is 4.08. The first-order chi connectivity index (χ1) is 5.77. The van der Waals surface area contributed by atoms with Crippen LogP contribution < -0.4 is 0 Å². The van der Waals surface area contributed by atoms with Crippen molar-refractivity contribution in [1.29, 1.82) is 0 Å². The zero-order chi connectivity index (χ0) is 8.97. The van der Waals surface area contributed by atoms with Crippen LogP contribution in [0.5, 0.6) is 0 Å². The van der Waals surface area contributed by atoms with E-state index in [0.29, 0.717) is 0 Å². The molecule has 0 aromatic carbocycles. The van der Waals surface area contributed by atoms with Gasteiger partial charge in [-0.25, -0.2) is 0 Å². The van der Waals surface area contributed by atoms with E-state index in [1.807, 2.05) is 13.0 Å². The normalized spacial score (nSPS) is 11.7. The minimum absolute atomic E-state index is 0.144. The third kappa shape index (κ3) is 2.22. The van der Waals surface area contributed by atoms with E-state index in [4.69, 9.17) is 0 Å². The minimum atomic E-state index is -0.144. The first kappa shape index (κ1) is 9.55. The molecule has 0 amide bonds. The Labute approximate surface area is 79.8 Å². The summed E-state index contributed by atoms with van der Waals surface area (Å²) >= 11 is 2.67. The maximum Gasteiger partial charge on any atom is 0.177 e. The Hall–Kier alpha value is -0.540. The number of hydrogen-bond acceptors (Lipinski definition) is 2. The van der Waals surface area contributed by atoms with Gasteiger partial charge in [-0.3, -0.25) is 0 Å². The largest absolute Gasteiger partial charge is 0.195 e. The lowest BCUT2D eigenvalue weighted by atomic mass is 10.4. The topological polar surface area (TPSA) is 0 Å². The quantitative estimate of drug-likeness (QED) is 0.707. The molecule has 64 valence electrons. The molecule has 0 atom stereocenters. The van der Waals surface area contributed by atoms with E-state index in [1.54, 1.807) is 11.5 Å². The monoisotopic (exact) mass is 200 g/mol. The highest BCUT2D eigenvalue weighted by Crippen LogP contribution is 2.32. The fraction of sp³-hybridized carbons (Fsp3) is 0.111. The summed E-state index contributed by atoms with van der Waals surface area (Å²) in [6.45, 7) is 5.55. The number of hydrogen-bond donors (Lipinski definition) is 0. The Kier molecular flexibility index (Phi) is 3.56. The second kappa shape index (κ2) is 4.48. The number of thiophene rings is 1. The van der Waals surface area contributed by atoms with Crippen LogP contribution in [0.3, 0.4) is 0 Å². The lowest BCUT2D eigenvalue weighted by Crippen LogP contribution is -1.67. The molecule has 0 aliphatic carbocycles. The molecule has 0 spiro atoms. The molecule has 0 saturated heterocycles. The maximum absolute atomic E-state index is 12.6. The lowest BCUT2D eigenvalue weighted by molar-refractivity contribution is 0.657. The summed E-state index contributed by atoms with van der Waals surface area (Å²) < 4.78 is 12.6. The van der Waals surface area contributed by atoms with Gasteiger partial charge in [0.15, 0.2) is 5.13 Å². The van der Waals surface area contributed by atoms with Gasteiger partial charge in [0.1, 0.15) is 0 Å². The fourth-order valence-corrected chi connectivity index (χ4v) is 2.27. The third-order valence-corrected chi connectivity index (χ3v) is 3.20. The molecule has 0 aliphatic heterocycles. The highest BCUT2D eigenvalue weighted by Gasteiger charge is 2.03. The molecule has 1 aromatic rings. The molecular formula is C9H9FS2. The van der Waals surface area contributed by atoms with Crippen molar-refractivity contribution in [3.05, 3.63) is 40.2 Å². The summed E-state index contributed by atoms with van der Waals surface area (Å²) in [6.07, 6.45) is 1.96. The van der Waals surface area contributed by atoms with E-state index in [9.17, 15) is 4.39 Å². The van der Waals surface area contributed by atoms with Gasteiger partial charge in [-0.2, -0.15) is 4.39 Å². The SMILES string of the molecule is C=CS/C(=C\C)c1ccc(F)s1. The molecule has 12 heavy (non-hydrogen) atoms. The highest BCUT2D eigenvalue weighted by molar-refractivity contribution is 8.11. The molecule has 0 aliphatic rings. The maximum atomic E-state index is 12.6. The number of rotatable bonds is 3. The van der Waals surface area contributed by atoms with Crippen LogP contribution in [-0.2, 0) is 0 Å². The summed E-state index contributed by atoms with van der Waals surface area (Å²) in [5.41, 5.74) is 0. The Balaban J connectivity index is 2.87.